The summed E-state index contributed by atoms with van der Waals surface area (Å²) in [4.78, 5) is 13.6. The van der Waals surface area contributed by atoms with Crippen LogP contribution < -0.4 is 0 Å². The van der Waals surface area contributed by atoms with Crippen LogP contribution in [0.2, 0.25) is 0 Å². The number of hydrogen-bond acceptors (Lipinski definition) is 1. The van der Waals surface area contributed by atoms with Crippen LogP contribution in [0.1, 0.15) is 33.1 Å². The number of allylic oxidation sites excluding steroid dienone is 2. The van der Waals surface area contributed by atoms with Gasteiger partial charge < -0.3 is 4.90 Å². The van der Waals surface area contributed by atoms with Gasteiger partial charge in [0.15, 0.2) is 0 Å². The van der Waals surface area contributed by atoms with Gasteiger partial charge >= 0.3 is 0 Å². The molecule has 1 amide bonds. The van der Waals surface area contributed by atoms with E-state index >= 15 is 0 Å². The molecule has 0 N–H and O–H groups in total. The van der Waals surface area contributed by atoms with Gasteiger partial charge in [-0.1, -0.05) is 11.6 Å². The van der Waals surface area contributed by atoms with Crippen LogP contribution in [-0.4, -0.2) is 17.4 Å². The number of carbonyl (C=O) groups excluding carboxylic acids is 1. The Morgan fingerprint density at radius 2 is 2.14 bits per heavy atom. The Hall–Kier alpha value is -0.760. The second-order valence-electron chi connectivity index (χ2n) is 3.76. The molecule has 14 heavy (non-hydrogen) atoms. The van der Waals surface area contributed by atoms with Gasteiger partial charge in [0.05, 0.1) is 5.70 Å². The quantitative estimate of drug-likeness (QED) is 0.653. The maximum absolute atomic E-state index is 11.8. The van der Waals surface area contributed by atoms with Gasteiger partial charge in [0.2, 0.25) is 0 Å². The third kappa shape index (κ3) is 1.21. The van der Waals surface area contributed by atoms with E-state index in [-0.39, 0.29) is 5.91 Å². The number of halogens is 1. The first-order chi connectivity index (χ1) is 6.66. The second kappa shape index (κ2) is 3.43. The first-order valence-electron chi connectivity index (χ1n) is 5.07. The molecule has 0 aromatic heterocycles. The lowest BCUT2D eigenvalue weighted by Crippen LogP contribution is -2.26. The largest absolute Gasteiger partial charge is 0.307 e. The number of hydrogen-bond donors (Lipinski definition) is 0. The molecule has 0 aromatic rings. The van der Waals surface area contributed by atoms with Crippen LogP contribution in [0, 0.1) is 0 Å². The number of fused-ring (bicyclic) bond motifs is 1. The van der Waals surface area contributed by atoms with Crippen molar-refractivity contribution < 1.29 is 4.79 Å². The Bertz CT molecular complexity index is 354. The summed E-state index contributed by atoms with van der Waals surface area (Å²) in [5.74, 6) is 0.137. The van der Waals surface area contributed by atoms with E-state index in [0.717, 1.165) is 35.6 Å². The van der Waals surface area contributed by atoms with Crippen molar-refractivity contribution in [2.24, 2.45) is 0 Å². The van der Waals surface area contributed by atoms with Gasteiger partial charge in [-0.05, 0) is 38.7 Å². The fraction of sp³-hybridized carbons (Fsp3) is 0.545. The number of amides is 1. The van der Waals surface area contributed by atoms with Gasteiger partial charge in [0, 0.05) is 17.2 Å². The highest BCUT2D eigenvalue weighted by atomic mass is 35.5. The molecule has 0 saturated heterocycles. The molecule has 0 radical (unpaired) electrons. The molecule has 3 heteroatoms. The van der Waals surface area contributed by atoms with Gasteiger partial charge in [-0.15, -0.1) is 0 Å². The maximum Gasteiger partial charge on any atom is 0.254 e. The summed E-state index contributed by atoms with van der Waals surface area (Å²) in [6, 6.07) is 0. The molecule has 0 fully saturated rings. The molecule has 0 aromatic carbocycles. The predicted octanol–water partition coefficient (Wildman–Crippen LogP) is 2.80. The van der Waals surface area contributed by atoms with E-state index in [1.165, 1.54) is 5.57 Å². The van der Waals surface area contributed by atoms with Gasteiger partial charge in [-0.2, -0.15) is 0 Å². The molecule has 2 rings (SSSR count). The van der Waals surface area contributed by atoms with Crippen molar-refractivity contribution in [3.05, 3.63) is 21.9 Å². The molecule has 0 spiro atoms. The highest BCUT2D eigenvalue weighted by molar-refractivity contribution is 6.30. The predicted molar refractivity (Wildman–Crippen MR) is 56.8 cm³/mol. The Morgan fingerprint density at radius 3 is 2.79 bits per heavy atom. The SMILES string of the molecule is CCN1C(=O)C(C)=C2CCCC(Cl)=C21. The zero-order chi connectivity index (χ0) is 10.3. The van der Waals surface area contributed by atoms with Crippen LogP contribution in [0.5, 0.6) is 0 Å². The number of rotatable bonds is 1. The van der Waals surface area contributed by atoms with Crippen molar-refractivity contribution in [3.63, 3.8) is 0 Å². The Labute approximate surface area is 89.2 Å². The van der Waals surface area contributed by atoms with Crippen molar-refractivity contribution in [1.82, 2.24) is 4.90 Å². The average molecular weight is 212 g/mol. The molecular weight excluding hydrogens is 198 g/mol. The van der Waals surface area contributed by atoms with Crippen LogP contribution >= 0.6 is 11.6 Å². The standard InChI is InChI=1S/C11H14ClNO/c1-3-13-10-8(7(2)11(13)14)5-4-6-9(10)12/h3-6H2,1-2H3. The number of carbonyl (C=O) groups is 1. The summed E-state index contributed by atoms with van der Waals surface area (Å²) >= 11 is 6.17. The first kappa shape index (κ1) is 9.78. The zero-order valence-electron chi connectivity index (χ0n) is 8.56. The van der Waals surface area contributed by atoms with Gasteiger partial charge in [-0.25, -0.2) is 0 Å². The molecule has 0 atom stereocenters. The van der Waals surface area contributed by atoms with E-state index < -0.39 is 0 Å². The van der Waals surface area contributed by atoms with Crippen LogP contribution in [0.4, 0.5) is 0 Å². The summed E-state index contributed by atoms with van der Waals surface area (Å²) in [5.41, 5.74) is 3.07. The lowest BCUT2D eigenvalue weighted by Gasteiger charge is -2.22. The van der Waals surface area contributed by atoms with Gasteiger partial charge in [-0.3, -0.25) is 4.79 Å². The van der Waals surface area contributed by atoms with Crippen LogP contribution in [0.3, 0.4) is 0 Å². The molecule has 1 heterocycles. The average Bonchev–Trinajstić information content (AvgIpc) is 2.43. The molecule has 76 valence electrons. The minimum atomic E-state index is 0.137. The minimum absolute atomic E-state index is 0.137. The minimum Gasteiger partial charge on any atom is -0.307 e. The monoisotopic (exact) mass is 211 g/mol. The van der Waals surface area contributed by atoms with E-state index in [1.807, 2.05) is 13.8 Å². The van der Waals surface area contributed by atoms with E-state index in [2.05, 4.69) is 0 Å². The molecule has 1 aliphatic heterocycles. The van der Waals surface area contributed by atoms with Crippen LogP contribution in [0.25, 0.3) is 0 Å². The number of nitrogens with zero attached hydrogens (tertiary/aromatic N) is 1. The Morgan fingerprint density at radius 1 is 1.43 bits per heavy atom. The van der Waals surface area contributed by atoms with E-state index in [4.69, 9.17) is 11.6 Å². The maximum atomic E-state index is 11.8. The van der Waals surface area contributed by atoms with Crippen LogP contribution in [-0.2, 0) is 4.79 Å². The lowest BCUT2D eigenvalue weighted by atomic mass is 9.97. The highest BCUT2D eigenvalue weighted by Gasteiger charge is 2.34. The second-order valence-corrected chi connectivity index (χ2v) is 4.22. The zero-order valence-corrected chi connectivity index (χ0v) is 9.32. The van der Waals surface area contributed by atoms with Crippen molar-refractivity contribution in [3.8, 4) is 0 Å². The van der Waals surface area contributed by atoms with Gasteiger partial charge in [0.1, 0.15) is 0 Å². The van der Waals surface area contributed by atoms with Crippen molar-refractivity contribution in [2.45, 2.75) is 33.1 Å². The van der Waals surface area contributed by atoms with Crippen molar-refractivity contribution >= 4 is 17.5 Å². The fourth-order valence-electron chi connectivity index (χ4n) is 2.23. The van der Waals surface area contributed by atoms with E-state index in [1.54, 1.807) is 4.90 Å². The molecule has 0 unspecified atom stereocenters. The topological polar surface area (TPSA) is 20.3 Å². The smallest absolute Gasteiger partial charge is 0.254 e. The molecule has 0 bridgehead atoms. The summed E-state index contributed by atoms with van der Waals surface area (Å²) in [5, 5.41) is 0.860. The van der Waals surface area contributed by atoms with E-state index in [9.17, 15) is 4.79 Å². The molecule has 2 nitrogen and oxygen atoms in total. The fourth-order valence-corrected chi connectivity index (χ4v) is 2.58. The first-order valence-corrected chi connectivity index (χ1v) is 5.45. The molecule has 0 saturated carbocycles. The Balaban J connectivity index is 2.53. The van der Waals surface area contributed by atoms with Crippen molar-refractivity contribution in [1.29, 1.82) is 0 Å². The third-order valence-electron chi connectivity index (χ3n) is 2.97. The van der Waals surface area contributed by atoms with E-state index in [0.29, 0.717) is 6.54 Å². The molecule has 2 aliphatic rings. The Kier molecular flexibility index (Phi) is 2.40. The summed E-state index contributed by atoms with van der Waals surface area (Å²) in [6.45, 7) is 4.61. The summed E-state index contributed by atoms with van der Waals surface area (Å²) in [6.07, 6.45) is 2.98. The van der Waals surface area contributed by atoms with Gasteiger partial charge in [0.25, 0.3) is 5.91 Å². The molecular formula is C11H14ClNO. The molecule has 1 aliphatic carbocycles. The van der Waals surface area contributed by atoms with Crippen molar-refractivity contribution in [2.75, 3.05) is 6.54 Å². The number of likely N-dealkylation sites (N-methyl/N-ethyl adjacent to an activating group) is 1. The normalized spacial score (nSPS) is 22.2. The van der Waals surface area contributed by atoms with Crippen LogP contribution in [0.15, 0.2) is 21.9 Å². The lowest BCUT2D eigenvalue weighted by molar-refractivity contribution is -0.124. The third-order valence-corrected chi connectivity index (χ3v) is 3.34. The summed E-state index contributed by atoms with van der Waals surface area (Å²) < 4.78 is 0. The summed E-state index contributed by atoms with van der Waals surface area (Å²) in [7, 11) is 0. The highest BCUT2D eigenvalue weighted by Crippen LogP contribution is 2.40.